The summed E-state index contributed by atoms with van der Waals surface area (Å²) in [5.41, 5.74) is 2.14. The number of ether oxygens (including phenoxy) is 2. The Balaban J connectivity index is 1.57. The first-order chi connectivity index (χ1) is 15.8. The smallest absolute Gasteiger partial charge is 0.238 e. The minimum Gasteiger partial charge on any atom is -0.493 e. The summed E-state index contributed by atoms with van der Waals surface area (Å²) in [6.07, 6.45) is 0.889. The first-order valence-electron chi connectivity index (χ1n) is 10.0. The number of imidazole rings is 1. The van der Waals surface area contributed by atoms with E-state index in [1.54, 1.807) is 32.4 Å². The second-order valence-electron chi connectivity index (χ2n) is 7.11. The quantitative estimate of drug-likeness (QED) is 0.351. The van der Waals surface area contributed by atoms with Crippen molar-refractivity contribution in [3.8, 4) is 22.9 Å². The SMILES string of the molecule is CCCn1c(SCc2nc(-c3ccc(OC)c(OC)c3)no2)nc2cc(S(N)(=O)=O)ccc21. The van der Waals surface area contributed by atoms with Crippen LogP contribution in [0.5, 0.6) is 11.5 Å². The lowest BCUT2D eigenvalue weighted by molar-refractivity contribution is 0.355. The molecule has 10 nitrogen and oxygen atoms in total. The number of sulfonamides is 1. The van der Waals surface area contributed by atoms with E-state index in [0.29, 0.717) is 34.5 Å². The number of nitrogens with two attached hydrogens (primary N) is 1. The molecule has 2 N–H and O–H groups in total. The number of hydrogen-bond donors (Lipinski definition) is 1. The van der Waals surface area contributed by atoms with Crippen molar-refractivity contribution in [2.24, 2.45) is 5.14 Å². The Morgan fingerprint density at radius 2 is 1.88 bits per heavy atom. The van der Waals surface area contributed by atoms with Crippen molar-refractivity contribution in [2.45, 2.75) is 35.7 Å². The van der Waals surface area contributed by atoms with Crippen LogP contribution in [0, 0.1) is 0 Å². The number of thioether (sulfide) groups is 1. The van der Waals surface area contributed by atoms with E-state index in [4.69, 9.17) is 19.1 Å². The number of benzene rings is 2. The van der Waals surface area contributed by atoms with Gasteiger partial charge in [-0.25, -0.2) is 18.5 Å². The summed E-state index contributed by atoms with van der Waals surface area (Å²) in [5, 5.41) is 10.1. The van der Waals surface area contributed by atoms with Crippen LogP contribution in [0.2, 0.25) is 0 Å². The lowest BCUT2D eigenvalue weighted by Gasteiger charge is -2.07. The van der Waals surface area contributed by atoms with Crippen LogP contribution in [0.1, 0.15) is 19.2 Å². The van der Waals surface area contributed by atoms with Crippen LogP contribution in [0.25, 0.3) is 22.4 Å². The zero-order valence-corrected chi connectivity index (χ0v) is 19.9. The fourth-order valence-corrected chi connectivity index (χ4v) is 4.76. The van der Waals surface area contributed by atoms with Crippen LogP contribution in [0.4, 0.5) is 0 Å². The van der Waals surface area contributed by atoms with E-state index in [-0.39, 0.29) is 4.90 Å². The van der Waals surface area contributed by atoms with Gasteiger partial charge in [-0.2, -0.15) is 4.98 Å². The Bertz CT molecular complexity index is 1400. The minimum absolute atomic E-state index is 0.0316. The summed E-state index contributed by atoms with van der Waals surface area (Å²) >= 11 is 1.43. The molecule has 0 atom stereocenters. The van der Waals surface area contributed by atoms with Gasteiger partial charge >= 0.3 is 0 Å². The Hall–Kier alpha value is -3.09. The summed E-state index contributed by atoms with van der Waals surface area (Å²) in [6, 6.07) is 10.1. The van der Waals surface area contributed by atoms with Gasteiger partial charge in [0.05, 0.1) is 35.9 Å². The molecule has 0 aliphatic heterocycles. The van der Waals surface area contributed by atoms with Gasteiger partial charge in [-0.05, 0) is 42.8 Å². The lowest BCUT2D eigenvalue weighted by Crippen LogP contribution is -2.11. The van der Waals surface area contributed by atoms with E-state index in [2.05, 4.69) is 22.0 Å². The number of methoxy groups -OCH3 is 2. The predicted octanol–water partition coefficient (Wildman–Crippen LogP) is 3.45. The van der Waals surface area contributed by atoms with Gasteiger partial charge < -0.3 is 18.6 Å². The molecule has 0 spiro atoms. The summed E-state index contributed by atoms with van der Waals surface area (Å²) in [4.78, 5) is 9.12. The van der Waals surface area contributed by atoms with Crippen LogP contribution < -0.4 is 14.6 Å². The van der Waals surface area contributed by atoms with Crippen molar-refractivity contribution in [1.29, 1.82) is 0 Å². The Kier molecular flexibility index (Phi) is 6.58. The molecule has 12 heteroatoms. The highest BCUT2D eigenvalue weighted by molar-refractivity contribution is 7.98. The predicted molar refractivity (Wildman–Crippen MR) is 124 cm³/mol. The van der Waals surface area contributed by atoms with Crippen LogP contribution >= 0.6 is 11.8 Å². The molecule has 0 saturated carbocycles. The standard InChI is InChI=1S/C21H23N5O5S2/c1-4-9-26-16-7-6-14(33(22,27)28)11-15(16)23-21(26)32-12-19-24-20(25-31-19)13-5-8-17(29-2)18(10-13)30-3/h5-8,10-11H,4,9,12H2,1-3H3,(H2,22,27,28). The zero-order valence-electron chi connectivity index (χ0n) is 18.3. The van der Waals surface area contributed by atoms with Crippen molar-refractivity contribution in [1.82, 2.24) is 19.7 Å². The second-order valence-corrected chi connectivity index (χ2v) is 9.62. The van der Waals surface area contributed by atoms with Gasteiger partial charge in [0.1, 0.15) is 0 Å². The molecular weight excluding hydrogens is 466 g/mol. The maximum absolute atomic E-state index is 11.7. The molecule has 4 aromatic rings. The number of aryl methyl sites for hydroxylation is 1. The molecule has 174 valence electrons. The molecule has 0 aliphatic carbocycles. The number of aromatic nitrogens is 4. The molecule has 0 aliphatic rings. The lowest BCUT2D eigenvalue weighted by atomic mass is 10.2. The Labute approximate surface area is 195 Å². The van der Waals surface area contributed by atoms with Crippen LogP contribution in [-0.4, -0.2) is 42.3 Å². The van der Waals surface area contributed by atoms with Crippen LogP contribution in [0.15, 0.2) is 51.0 Å². The summed E-state index contributed by atoms with van der Waals surface area (Å²) < 4.78 is 41.4. The number of nitrogens with zero attached hydrogens (tertiary/aromatic N) is 4. The van der Waals surface area contributed by atoms with Gasteiger partial charge in [0.15, 0.2) is 16.7 Å². The van der Waals surface area contributed by atoms with Gasteiger partial charge in [-0.3, -0.25) is 0 Å². The van der Waals surface area contributed by atoms with Crippen molar-refractivity contribution >= 4 is 32.8 Å². The van der Waals surface area contributed by atoms with Gasteiger partial charge in [0.2, 0.25) is 21.7 Å². The van der Waals surface area contributed by atoms with Crippen LogP contribution in [0.3, 0.4) is 0 Å². The average molecular weight is 490 g/mol. The van der Waals surface area contributed by atoms with E-state index in [1.165, 1.54) is 23.9 Å². The minimum atomic E-state index is -3.80. The zero-order chi connectivity index (χ0) is 23.6. The van der Waals surface area contributed by atoms with E-state index in [9.17, 15) is 8.42 Å². The fraction of sp³-hybridized carbons (Fsp3) is 0.286. The molecule has 0 unspecified atom stereocenters. The van der Waals surface area contributed by atoms with E-state index in [1.807, 2.05) is 10.6 Å². The molecule has 2 heterocycles. The van der Waals surface area contributed by atoms with E-state index < -0.39 is 10.0 Å². The highest BCUT2D eigenvalue weighted by atomic mass is 32.2. The summed E-state index contributed by atoms with van der Waals surface area (Å²) in [7, 11) is -0.669. The molecule has 0 saturated heterocycles. The van der Waals surface area contributed by atoms with Crippen molar-refractivity contribution in [3.05, 3.63) is 42.3 Å². The number of fused-ring (bicyclic) bond motifs is 1. The topological polar surface area (TPSA) is 135 Å². The molecule has 0 bridgehead atoms. The monoisotopic (exact) mass is 489 g/mol. The highest BCUT2D eigenvalue weighted by Gasteiger charge is 2.17. The molecular formula is C21H23N5O5S2. The average Bonchev–Trinajstić information content (AvgIpc) is 3.41. The first-order valence-corrected chi connectivity index (χ1v) is 12.6. The van der Waals surface area contributed by atoms with Gasteiger partial charge in [-0.1, -0.05) is 23.8 Å². The van der Waals surface area contributed by atoms with Gasteiger partial charge in [-0.15, -0.1) is 0 Å². The maximum Gasteiger partial charge on any atom is 0.238 e. The van der Waals surface area contributed by atoms with Gasteiger partial charge in [0.25, 0.3) is 0 Å². The molecule has 2 aromatic heterocycles. The molecule has 0 amide bonds. The van der Waals surface area contributed by atoms with Gasteiger partial charge in [0, 0.05) is 12.1 Å². The van der Waals surface area contributed by atoms with Crippen molar-refractivity contribution in [3.63, 3.8) is 0 Å². The Morgan fingerprint density at radius 1 is 1.09 bits per heavy atom. The summed E-state index contributed by atoms with van der Waals surface area (Å²) in [6.45, 7) is 2.79. The second kappa shape index (κ2) is 9.41. The molecule has 0 fully saturated rings. The third-order valence-electron chi connectivity index (χ3n) is 4.89. The fourth-order valence-electron chi connectivity index (χ4n) is 3.35. The molecule has 2 aromatic carbocycles. The van der Waals surface area contributed by atoms with E-state index >= 15 is 0 Å². The van der Waals surface area contributed by atoms with E-state index in [0.717, 1.165) is 29.2 Å². The maximum atomic E-state index is 11.7. The molecule has 0 radical (unpaired) electrons. The Morgan fingerprint density at radius 3 is 2.58 bits per heavy atom. The third-order valence-corrected chi connectivity index (χ3v) is 6.77. The van der Waals surface area contributed by atoms with Crippen molar-refractivity contribution in [2.75, 3.05) is 14.2 Å². The van der Waals surface area contributed by atoms with Crippen LogP contribution in [-0.2, 0) is 22.3 Å². The summed E-state index contributed by atoms with van der Waals surface area (Å²) in [5.74, 6) is 2.45. The number of rotatable bonds is 9. The number of primary sulfonamides is 1. The first kappa shape index (κ1) is 23.1. The molecule has 33 heavy (non-hydrogen) atoms. The normalized spacial score (nSPS) is 11.8. The molecule has 4 rings (SSSR count). The highest BCUT2D eigenvalue weighted by Crippen LogP contribution is 2.32. The number of hydrogen-bond acceptors (Lipinski definition) is 9. The largest absolute Gasteiger partial charge is 0.493 e. The third kappa shape index (κ3) is 4.82. The van der Waals surface area contributed by atoms with Crippen molar-refractivity contribution < 1.29 is 22.4 Å².